The summed E-state index contributed by atoms with van der Waals surface area (Å²) in [6.07, 6.45) is 7.55. The van der Waals surface area contributed by atoms with Crippen LogP contribution in [-0.4, -0.2) is 60.6 Å². The molecule has 0 aromatic heterocycles. The summed E-state index contributed by atoms with van der Waals surface area (Å²) in [5.74, 6) is 0.942. The van der Waals surface area contributed by atoms with Crippen molar-refractivity contribution in [1.82, 2.24) is 14.7 Å². The van der Waals surface area contributed by atoms with Crippen molar-refractivity contribution in [2.75, 3.05) is 39.8 Å². The Balaban J connectivity index is 1.35. The van der Waals surface area contributed by atoms with Gasteiger partial charge in [0, 0.05) is 65.3 Å². The smallest absolute Gasteiger partial charge is 0.0872 e. The maximum absolute atomic E-state index is 5.93. The third-order valence-corrected chi connectivity index (χ3v) is 6.08. The largest absolute Gasteiger partial charge is 0.378 e. The predicted octanol–water partition coefficient (Wildman–Crippen LogP) is 4.20. The molecular weight excluding hydrogens is 370 g/mol. The van der Waals surface area contributed by atoms with Gasteiger partial charge >= 0.3 is 0 Å². The molecule has 1 fully saturated rings. The molecule has 1 atom stereocenters. The van der Waals surface area contributed by atoms with Crippen LogP contribution in [0.1, 0.15) is 24.0 Å². The molecule has 1 aliphatic heterocycles. The number of rotatable bonds is 11. The van der Waals surface area contributed by atoms with Gasteiger partial charge in [0.15, 0.2) is 0 Å². The maximum atomic E-state index is 5.93. The Labute approximate surface area is 181 Å². The lowest BCUT2D eigenvalue weighted by Gasteiger charge is -2.35. The van der Waals surface area contributed by atoms with Crippen LogP contribution in [0.25, 0.3) is 0 Å². The number of benzene rings is 2. The first-order chi connectivity index (χ1) is 14.8. The fourth-order valence-corrected chi connectivity index (χ4v) is 4.16. The Bertz CT molecular complexity index is 734. The first-order valence-corrected chi connectivity index (χ1v) is 11.3. The summed E-state index contributed by atoms with van der Waals surface area (Å²) < 4.78 is 5.93. The highest BCUT2D eigenvalue weighted by molar-refractivity contribution is 5.17. The fraction of sp³-hybridized carbons (Fsp3) is 0.462. The van der Waals surface area contributed by atoms with E-state index in [1.54, 1.807) is 0 Å². The Kier molecular flexibility index (Phi) is 7.44. The second-order valence-corrected chi connectivity index (χ2v) is 8.73. The molecule has 1 heterocycles. The van der Waals surface area contributed by atoms with Gasteiger partial charge in [-0.1, -0.05) is 60.7 Å². The molecule has 4 rings (SSSR count). The zero-order valence-electron chi connectivity index (χ0n) is 18.2. The summed E-state index contributed by atoms with van der Waals surface area (Å²) in [5.41, 5.74) is 2.69. The van der Waals surface area contributed by atoms with Crippen LogP contribution in [0.3, 0.4) is 0 Å². The molecule has 2 aliphatic rings. The van der Waals surface area contributed by atoms with Crippen LogP contribution >= 0.6 is 0 Å². The van der Waals surface area contributed by atoms with E-state index in [1.807, 2.05) is 7.11 Å². The molecule has 0 bridgehead atoms. The molecule has 1 saturated carbocycles. The average Bonchev–Trinajstić information content (AvgIpc) is 3.60. The van der Waals surface area contributed by atoms with Crippen molar-refractivity contribution in [3.05, 3.63) is 84.2 Å². The Morgan fingerprint density at radius 3 is 1.93 bits per heavy atom. The van der Waals surface area contributed by atoms with Gasteiger partial charge < -0.3 is 14.5 Å². The molecule has 0 N–H and O–H groups in total. The molecule has 0 amide bonds. The summed E-state index contributed by atoms with van der Waals surface area (Å²) >= 11 is 0. The standard InChI is InChI=1S/C26H35N3O/c1-30-26(21-28-16-14-27(15-17-28)18-25-12-13-25)22-29(19-23-8-4-2-5-9-23)20-24-10-6-3-7-11-24/h2-11,14,16,25-26H,12-13,15,17-22H2,1H3/t26-/m1/s1. The summed E-state index contributed by atoms with van der Waals surface area (Å²) in [6, 6.07) is 21.5. The third-order valence-electron chi connectivity index (χ3n) is 6.08. The van der Waals surface area contributed by atoms with Crippen molar-refractivity contribution in [3.8, 4) is 0 Å². The molecule has 1 aliphatic carbocycles. The molecular formula is C26H35N3O. The van der Waals surface area contributed by atoms with Gasteiger partial charge in [-0.2, -0.15) is 0 Å². The van der Waals surface area contributed by atoms with Gasteiger partial charge in [0.1, 0.15) is 0 Å². The molecule has 2 aromatic rings. The number of hydrogen-bond donors (Lipinski definition) is 0. The van der Waals surface area contributed by atoms with Crippen molar-refractivity contribution < 1.29 is 4.74 Å². The summed E-state index contributed by atoms with van der Waals surface area (Å²) in [4.78, 5) is 7.40. The van der Waals surface area contributed by atoms with Crippen LogP contribution in [-0.2, 0) is 17.8 Å². The minimum absolute atomic E-state index is 0.178. The van der Waals surface area contributed by atoms with Crippen LogP contribution in [0.5, 0.6) is 0 Å². The minimum Gasteiger partial charge on any atom is -0.378 e. The average molecular weight is 406 g/mol. The van der Waals surface area contributed by atoms with Crippen LogP contribution in [0, 0.1) is 5.92 Å². The van der Waals surface area contributed by atoms with E-state index in [0.29, 0.717) is 0 Å². The van der Waals surface area contributed by atoms with E-state index in [-0.39, 0.29) is 6.10 Å². The SMILES string of the molecule is CO[C@H](CN1C=CN(CC2CC2)CC1)CN(Cc1ccccc1)Cc1ccccc1. The van der Waals surface area contributed by atoms with Gasteiger partial charge in [-0.3, -0.25) is 4.90 Å². The normalized spacial score (nSPS) is 17.5. The van der Waals surface area contributed by atoms with Crippen LogP contribution in [0.15, 0.2) is 73.1 Å². The molecule has 4 heteroatoms. The number of nitrogens with zero attached hydrogens (tertiary/aromatic N) is 3. The van der Waals surface area contributed by atoms with Crippen LogP contribution in [0.2, 0.25) is 0 Å². The van der Waals surface area contributed by atoms with Gasteiger partial charge in [0.2, 0.25) is 0 Å². The molecule has 160 valence electrons. The van der Waals surface area contributed by atoms with Crippen molar-refractivity contribution >= 4 is 0 Å². The zero-order chi connectivity index (χ0) is 20.6. The van der Waals surface area contributed by atoms with Crippen molar-refractivity contribution in [2.24, 2.45) is 5.92 Å². The maximum Gasteiger partial charge on any atom is 0.0872 e. The second kappa shape index (κ2) is 10.6. The van der Waals surface area contributed by atoms with Crippen molar-refractivity contribution in [3.63, 3.8) is 0 Å². The van der Waals surface area contributed by atoms with Gasteiger partial charge in [0.25, 0.3) is 0 Å². The highest BCUT2D eigenvalue weighted by Gasteiger charge is 2.25. The lowest BCUT2D eigenvalue weighted by Crippen LogP contribution is -2.43. The van der Waals surface area contributed by atoms with E-state index < -0.39 is 0 Å². The molecule has 0 saturated heterocycles. The highest BCUT2D eigenvalue weighted by atomic mass is 16.5. The van der Waals surface area contributed by atoms with E-state index in [4.69, 9.17) is 4.74 Å². The van der Waals surface area contributed by atoms with Gasteiger partial charge in [-0.05, 0) is 29.9 Å². The number of hydrogen-bond acceptors (Lipinski definition) is 4. The van der Waals surface area contributed by atoms with Gasteiger partial charge in [-0.25, -0.2) is 0 Å². The number of ether oxygens (including phenoxy) is 1. The van der Waals surface area contributed by atoms with E-state index in [0.717, 1.165) is 45.2 Å². The first-order valence-electron chi connectivity index (χ1n) is 11.3. The van der Waals surface area contributed by atoms with Crippen LogP contribution in [0.4, 0.5) is 0 Å². The zero-order valence-corrected chi connectivity index (χ0v) is 18.2. The predicted molar refractivity (Wildman–Crippen MR) is 123 cm³/mol. The summed E-state index contributed by atoms with van der Waals surface area (Å²) in [5, 5.41) is 0. The van der Waals surface area contributed by atoms with Crippen molar-refractivity contribution in [2.45, 2.75) is 32.0 Å². The Morgan fingerprint density at radius 1 is 0.867 bits per heavy atom. The summed E-state index contributed by atoms with van der Waals surface area (Å²) in [7, 11) is 1.85. The molecule has 0 spiro atoms. The monoisotopic (exact) mass is 405 g/mol. The lowest BCUT2D eigenvalue weighted by molar-refractivity contribution is 0.0372. The van der Waals surface area contributed by atoms with E-state index in [1.165, 1.54) is 30.5 Å². The summed E-state index contributed by atoms with van der Waals surface area (Å²) in [6.45, 7) is 7.16. The van der Waals surface area contributed by atoms with Gasteiger partial charge in [0.05, 0.1) is 6.10 Å². The van der Waals surface area contributed by atoms with E-state index in [9.17, 15) is 0 Å². The molecule has 2 aromatic carbocycles. The van der Waals surface area contributed by atoms with Crippen LogP contribution < -0.4 is 0 Å². The molecule has 0 unspecified atom stereocenters. The lowest BCUT2D eigenvalue weighted by atomic mass is 10.1. The second-order valence-electron chi connectivity index (χ2n) is 8.73. The third kappa shape index (κ3) is 6.61. The quantitative estimate of drug-likeness (QED) is 0.558. The first kappa shape index (κ1) is 21.0. The van der Waals surface area contributed by atoms with E-state index in [2.05, 4.69) is 87.8 Å². The molecule has 4 nitrogen and oxygen atoms in total. The Morgan fingerprint density at radius 2 is 1.43 bits per heavy atom. The van der Waals surface area contributed by atoms with Gasteiger partial charge in [-0.15, -0.1) is 0 Å². The van der Waals surface area contributed by atoms with E-state index >= 15 is 0 Å². The Hall–Kier alpha value is -2.30. The topological polar surface area (TPSA) is 19.0 Å². The molecule has 0 radical (unpaired) electrons. The minimum atomic E-state index is 0.178. The van der Waals surface area contributed by atoms with Crippen molar-refractivity contribution in [1.29, 1.82) is 0 Å². The fourth-order valence-electron chi connectivity index (χ4n) is 4.16. The molecule has 30 heavy (non-hydrogen) atoms. The highest BCUT2D eigenvalue weighted by Crippen LogP contribution is 2.30. The number of methoxy groups -OCH3 is 1.